The number of benzene rings is 1. The molecule has 122 valence electrons. The Labute approximate surface area is 142 Å². The Morgan fingerprint density at radius 2 is 2.30 bits per heavy atom. The summed E-state index contributed by atoms with van der Waals surface area (Å²) >= 11 is 3.26. The first kappa shape index (κ1) is 16.2. The van der Waals surface area contributed by atoms with E-state index in [1.165, 1.54) is 6.07 Å². The Kier molecular flexibility index (Phi) is 5.13. The van der Waals surface area contributed by atoms with Crippen molar-refractivity contribution in [2.45, 2.75) is 32.0 Å². The van der Waals surface area contributed by atoms with Gasteiger partial charge in [-0.3, -0.25) is 9.69 Å². The Balaban J connectivity index is 1.61. The highest BCUT2D eigenvalue weighted by molar-refractivity contribution is 9.10. The minimum absolute atomic E-state index is 0.0311. The molecule has 1 N–H and O–H groups in total. The first-order valence-electron chi connectivity index (χ1n) is 7.61. The molecular weight excluding hydrogens is 363 g/mol. The summed E-state index contributed by atoms with van der Waals surface area (Å²) in [4.78, 5) is 14.4. The molecule has 1 aliphatic rings. The first-order chi connectivity index (χ1) is 11.1. The van der Waals surface area contributed by atoms with Gasteiger partial charge in [0.1, 0.15) is 11.6 Å². The van der Waals surface area contributed by atoms with Crippen molar-refractivity contribution in [1.29, 1.82) is 0 Å². The van der Waals surface area contributed by atoms with Crippen LogP contribution >= 0.6 is 15.9 Å². The highest BCUT2D eigenvalue weighted by Crippen LogP contribution is 2.23. The maximum Gasteiger partial charge on any atom is 0.237 e. The molecule has 0 radical (unpaired) electrons. The zero-order chi connectivity index (χ0) is 16.2. The zero-order valence-electron chi connectivity index (χ0n) is 12.6. The number of hydrogen-bond acceptors (Lipinski definition) is 3. The standard InChI is InChI=1S/C17H18BrFN2O2/c18-13-6-5-12(15(19)9-13)11-21-7-1-4-16(21)17(22)20-10-14-3-2-8-23-14/h2-3,5-6,8-9,16H,1,4,7,10-11H2,(H,20,22). The third-order valence-electron chi connectivity index (χ3n) is 4.07. The third-order valence-corrected chi connectivity index (χ3v) is 4.57. The summed E-state index contributed by atoms with van der Waals surface area (Å²) in [6.45, 7) is 1.62. The lowest BCUT2D eigenvalue weighted by Gasteiger charge is -2.23. The lowest BCUT2D eigenvalue weighted by Crippen LogP contribution is -2.42. The summed E-state index contributed by atoms with van der Waals surface area (Å²) in [6.07, 6.45) is 3.32. The number of nitrogens with one attached hydrogen (secondary N) is 1. The Morgan fingerprint density at radius 3 is 3.04 bits per heavy atom. The summed E-state index contributed by atoms with van der Waals surface area (Å²) in [5, 5.41) is 2.89. The average molecular weight is 381 g/mol. The van der Waals surface area contributed by atoms with Crippen molar-refractivity contribution in [2.24, 2.45) is 0 Å². The maximum absolute atomic E-state index is 14.0. The molecular formula is C17H18BrFN2O2. The minimum Gasteiger partial charge on any atom is -0.467 e. The molecule has 1 fully saturated rings. The molecule has 1 aromatic carbocycles. The minimum atomic E-state index is -0.249. The van der Waals surface area contributed by atoms with Gasteiger partial charge in [0.05, 0.1) is 18.8 Å². The second-order valence-corrected chi connectivity index (χ2v) is 6.58. The van der Waals surface area contributed by atoms with E-state index in [9.17, 15) is 9.18 Å². The van der Waals surface area contributed by atoms with Crippen LogP contribution in [0.1, 0.15) is 24.2 Å². The Hall–Kier alpha value is -1.66. The van der Waals surface area contributed by atoms with E-state index in [-0.39, 0.29) is 17.8 Å². The van der Waals surface area contributed by atoms with E-state index in [0.29, 0.717) is 23.1 Å². The van der Waals surface area contributed by atoms with Crippen molar-refractivity contribution in [2.75, 3.05) is 6.54 Å². The smallest absolute Gasteiger partial charge is 0.237 e. The van der Waals surface area contributed by atoms with Crippen molar-refractivity contribution in [1.82, 2.24) is 10.2 Å². The van der Waals surface area contributed by atoms with E-state index in [2.05, 4.69) is 21.2 Å². The molecule has 4 nitrogen and oxygen atoms in total. The van der Waals surface area contributed by atoms with Gasteiger partial charge in [-0.05, 0) is 43.7 Å². The molecule has 23 heavy (non-hydrogen) atoms. The highest BCUT2D eigenvalue weighted by Gasteiger charge is 2.31. The molecule has 0 saturated carbocycles. The molecule has 0 spiro atoms. The van der Waals surface area contributed by atoms with Crippen molar-refractivity contribution >= 4 is 21.8 Å². The normalized spacial score (nSPS) is 18.3. The molecule has 1 atom stereocenters. The number of hydrogen-bond donors (Lipinski definition) is 1. The summed E-state index contributed by atoms with van der Waals surface area (Å²) in [7, 11) is 0. The van der Waals surface area contributed by atoms with Crippen LogP contribution in [0.5, 0.6) is 0 Å². The van der Waals surface area contributed by atoms with Crippen LogP contribution in [-0.4, -0.2) is 23.4 Å². The average Bonchev–Trinajstić information content (AvgIpc) is 3.19. The summed E-state index contributed by atoms with van der Waals surface area (Å²) in [5.74, 6) is 0.444. The summed E-state index contributed by atoms with van der Waals surface area (Å²) in [6, 6.07) is 8.43. The molecule has 2 aromatic rings. The predicted molar refractivity (Wildman–Crippen MR) is 88.1 cm³/mol. The number of nitrogens with zero attached hydrogens (tertiary/aromatic N) is 1. The van der Waals surface area contributed by atoms with E-state index in [0.717, 1.165) is 25.1 Å². The van der Waals surface area contributed by atoms with Crippen LogP contribution in [0.3, 0.4) is 0 Å². The second-order valence-electron chi connectivity index (χ2n) is 5.66. The van der Waals surface area contributed by atoms with E-state index in [1.807, 2.05) is 17.0 Å². The highest BCUT2D eigenvalue weighted by atomic mass is 79.9. The number of carbonyl (C=O) groups is 1. The molecule has 2 heterocycles. The van der Waals surface area contributed by atoms with Gasteiger partial charge in [0.15, 0.2) is 0 Å². The van der Waals surface area contributed by atoms with Crippen molar-refractivity contribution in [3.05, 3.63) is 58.2 Å². The number of halogens is 2. The van der Waals surface area contributed by atoms with Gasteiger partial charge in [-0.2, -0.15) is 0 Å². The van der Waals surface area contributed by atoms with E-state index < -0.39 is 0 Å². The van der Waals surface area contributed by atoms with Crippen LogP contribution in [0.4, 0.5) is 4.39 Å². The fourth-order valence-electron chi connectivity index (χ4n) is 2.89. The van der Waals surface area contributed by atoms with Gasteiger partial charge in [0.25, 0.3) is 0 Å². The number of carbonyl (C=O) groups excluding carboxylic acids is 1. The lowest BCUT2D eigenvalue weighted by molar-refractivity contribution is -0.125. The quantitative estimate of drug-likeness (QED) is 0.863. The van der Waals surface area contributed by atoms with Gasteiger partial charge < -0.3 is 9.73 Å². The Bertz CT molecular complexity index is 675. The fraction of sp³-hybridized carbons (Fsp3) is 0.353. The van der Waals surface area contributed by atoms with Crippen LogP contribution in [0.25, 0.3) is 0 Å². The topological polar surface area (TPSA) is 45.5 Å². The third kappa shape index (κ3) is 4.00. The predicted octanol–water partition coefficient (Wildman–Crippen LogP) is 3.46. The van der Waals surface area contributed by atoms with Crippen LogP contribution in [0, 0.1) is 5.82 Å². The molecule has 0 bridgehead atoms. The molecule has 0 aliphatic carbocycles. The molecule has 1 aromatic heterocycles. The Morgan fingerprint density at radius 1 is 1.43 bits per heavy atom. The number of likely N-dealkylation sites (tertiary alicyclic amines) is 1. The number of rotatable bonds is 5. The van der Waals surface area contributed by atoms with Gasteiger partial charge in [0.2, 0.25) is 5.91 Å². The fourth-order valence-corrected chi connectivity index (χ4v) is 3.22. The molecule has 1 amide bonds. The van der Waals surface area contributed by atoms with Crippen LogP contribution in [0.2, 0.25) is 0 Å². The van der Waals surface area contributed by atoms with Gasteiger partial charge >= 0.3 is 0 Å². The lowest BCUT2D eigenvalue weighted by atomic mass is 10.1. The molecule has 6 heteroatoms. The van der Waals surface area contributed by atoms with Crippen molar-refractivity contribution in [3.63, 3.8) is 0 Å². The molecule has 1 unspecified atom stereocenters. The largest absolute Gasteiger partial charge is 0.467 e. The summed E-state index contributed by atoms with van der Waals surface area (Å²) in [5.41, 5.74) is 0.610. The van der Waals surface area contributed by atoms with E-state index in [4.69, 9.17) is 4.42 Å². The van der Waals surface area contributed by atoms with Crippen molar-refractivity contribution in [3.8, 4) is 0 Å². The SMILES string of the molecule is O=C(NCc1ccco1)C1CCCN1Cc1ccc(Br)cc1F. The second kappa shape index (κ2) is 7.27. The van der Waals surface area contributed by atoms with Crippen molar-refractivity contribution < 1.29 is 13.6 Å². The summed E-state index contributed by atoms with van der Waals surface area (Å²) < 4.78 is 19.9. The van der Waals surface area contributed by atoms with Gasteiger partial charge in [-0.15, -0.1) is 0 Å². The number of furan rings is 1. The maximum atomic E-state index is 14.0. The zero-order valence-corrected chi connectivity index (χ0v) is 14.2. The van der Waals surface area contributed by atoms with Gasteiger partial charge in [-0.1, -0.05) is 22.0 Å². The van der Waals surface area contributed by atoms with E-state index in [1.54, 1.807) is 18.4 Å². The van der Waals surface area contributed by atoms with Crippen LogP contribution in [-0.2, 0) is 17.9 Å². The van der Waals surface area contributed by atoms with Gasteiger partial charge in [-0.25, -0.2) is 4.39 Å². The van der Waals surface area contributed by atoms with Crippen LogP contribution in [0.15, 0.2) is 45.5 Å². The first-order valence-corrected chi connectivity index (χ1v) is 8.41. The van der Waals surface area contributed by atoms with Gasteiger partial charge in [0, 0.05) is 16.6 Å². The molecule has 3 rings (SSSR count). The van der Waals surface area contributed by atoms with E-state index >= 15 is 0 Å². The van der Waals surface area contributed by atoms with Crippen LogP contribution < -0.4 is 5.32 Å². The molecule has 1 aliphatic heterocycles. The monoisotopic (exact) mass is 380 g/mol. The molecule has 1 saturated heterocycles. The number of amides is 1.